The Morgan fingerprint density at radius 3 is 2.56 bits per heavy atom. The second kappa shape index (κ2) is 5.56. The van der Waals surface area contributed by atoms with Crippen LogP contribution in [0.1, 0.15) is 5.69 Å². The second-order valence-electron chi connectivity index (χ2n) is 3.29. The van der Waals surface area contributed by atoms with Crippen LogP contribution in [0.5, 0.6) is 5.75 Å². The molecule has 0 amide bonds. The average Bonchev–Trinajstić information content (AvgIpc) is 2.38. The van der Waals surface area contributed by atoms with Crippen molar-refractivity contribution in [2.75, 3.05) is 6.26 Å². The Bertz CT molecular complexity index is 427. The Labute approximate surface area is 99.7 Å². The molecule has 0 bridgehead atoms. The lowest BCUT2D eigenvalue weighted by atomic mass is 10.3. The Morgan fingerprint density at radius 1 is 1.12 bits per heavy atom. The summed E-state index contributed by atoms with van der Waals surface area (Å²) in [6.45, 7) is 0.513. The summed E-state index contributed by atoms with van der Waals surface area (Å²) < 4.78 is 5.62. The first kappa shape index (κ1) is 11.0. The molecule has 1 heterocycles. The van der Waals surface area contributed by atoms with Crippen molar-refractivity contribution in [3.63, 3.8) is 0 Å². The van der Waals surface area contributed by atoms with Crippen LogP contribution < -0.4 is 4.74 Å². The van der Waals surface area contributed by atoms with Gasteiger partial charge in [-0.25, -0.2) is 0 Å². The van der Waals surface area contributed by atoms with Gasteiger partial charge < -0.3 is 4.74 Å². The van der Waals surface area contributed by atoms with Crippen LogP contribution in [0.15, 0.2) is 53.6 Å². The maximum Gasteiger partial charge on any atom is 0.130 e. The van der Waals surface area contributed by atoms with Gasteiger partial charge in [0.05, 0.1) is 5.69 Å². The van der Waals surface area contributed by atoms with Gasteiger partial charge in [-0.1, -0.05) is 6.07 Å². The molecule has 0 N–H and O–H groups in total. The zero-order valence-electron chi connectivity index (χ0n) is 9.09. The molecule has 0 aliphatic rings. The van der Waals surface area contributed by atoms with Gasteiger partial charge in [-0.15, -0.1) is 11.8 Å². The van der Waals surface area contributed by atoms with E-state index in [2.05, 4.69) is 23.4 Å². The maximum absolute atomic E-state index is 5.62. The molecule has 0 radical (unpaired) electrons. The number of aromatic nitrogens is 1. The van der Waals surface area contributed by atoms with Crippen molar-refractivity contribution in [2.45, 2.75) is 11.5 Å². The highest BCUT2D eigenvalue weighted by Crippen LogP contribution is 2.19. The van der Waals surface area contributed by atoms with Gasteiger partial charge in [0.2, 0.25) is 0 Å². The average molecular weight is 231 g/mol. The van der Waals surface area contributed by atoms with Crippen molar-refractivity contribution in [2.24, 2.45) is 0 Å². The van der Waals surface area contributed by atoms with Gasteiger partial charge in [0.1, 0.15) is 12.4 Å². The first-order valence-electron chi connectivity index (χ1n) is 5.05. The molecule has 2 aromatic rings. The molecule has 0 unspecified atom stereocenters. The number of thioether (sulfide) groups is 1. The normalized spacial score (nSPS) is 10.1. The summed E-state index contributed by atoms with van der Waals surface area (Å²) in [6, 6.07) is 13.9. The summed E-state index contributed by atoms with van der Waals surface area (Å²) in [6.07, 6.45) is 3.83. The number of benzene rings is 1. The lowest BCUT2D eigenvalue weighted by Gasteiger charge is -2.05. The number of rotatable bonds is 4. The van der Waals surface area contributed by atoms with Gasteiger partial charge in [-0.2, -0.15) is 0 Å². The van der Waals surface area contributed by atoms with Crippen molar-refractivity contribution in [3.8, 4) is 5.75 Å². The highest BCUT2D eigenvalue weighted by atomic mass is 32.2. The fourth-order valence-electron chi connectivity index (χ4n) is 1.31. The quantitative estimate of drug-likeness (QED) is 0.753. The Kier molecular flexibility index (Phi) is 3.83. The third-order valence-electron chi connectivity index (χ3n) is 2.17. The molecule has 0 aliphatic heterocycles. The third kappa shape index (κ3) is 3.00. The largest absolute Gasteiger partial charge is 0.487 e. The van der Waals surface area contributed by atoms with E-state index in [4.69, 9.17) is 4.74 Å². The molecule has 0 aliphatic carbocycles. The molecular weight excluding hydrogens is 218 g/mol. The Balaban J connectivity index is 1.94. The predicted octanol–water partition coefficient (Wildman–Crippen LogP) is 3.38. The van der Waals surface area contributed by atoms with Crippen molar-refractivity contribution < 1.29 is 4.74 Å². The molecule has 1 aromatic heterocycles. The molecule has 2 rings (SSSR count). The maximum atomic E-state index is 5.62. The van der Waals surface area contributed by atoms with Crippen LogP contribution in [0.4, 0.5) is 0 Å². The zero-order chi connectivity index (χ0) is 11.2. The van der Waals surface area contributed by atoms with E-state index < -0.39 is 0 Å². The van der Waals surface area contributed by atoms with Crippen LogP contribution >= 0.6 is 11.8 Å². The van der Waals surface area contributed by atoms with Crippen LogP contribution in [0.25, 0.3) is 0 Å². The van der Waals surface area contributed by atoms with Crippen molar-refractivity contribution in [1.29, 1.82) is 0 Å². The molecule has 82 valence electrons. The van der Waals surface area contributed by atoms with E-state index in [0.717, 1.165) is 11.4 Å². The summed E-state index contributed by atoms with van der Waals surface area (Å²) in [5.74, 6) is 0.878. The van der Waals surface area contributed by atoms with Gasteiger partial charge in [0, 0.05) is 11.1 Å². The Morgan fingerprint density at radius 2 is 1.94 bits per heavy atom. The number of nitrogens with zero attached hydrogens (tertiary/aromatic N) is 1. The lowest BCUT2D eigenvalue weighted by molar-refractivity contribution is 0.301. The van der Waals surface area contributed by atoms with Gasteiger partial charge in [0.25, 0.3) is 0 Å². The van der Waals surface area contributed by atoms with E-state index in [-0.39, 0.29) is 0 Å². The van der Waals surface area contributed by atoms with E-state index in [9.17, 15) is 0 Å². The van der Waals surface area contributed by atoms with Crippen LogP contribution in [0.3, 0.4) is 0 Å². The molecule has 0 saturated carbocycles. The number of hydrogen-bond acceptors (Lipinski definition) is 3. The second-order valence-corrected chi connectivity index (χ2v) is 4.16. The zero-order valence-corrected chi connectivity index (χ0v) is 9.91. The summed E-state index contributed by atoms with van der Waals surface area (Å²) in [5.41, 5.74) is 0.941. The SMILES string of the molecule is CSc1ccc(OCc2ccccn2)cc1. The number of hydrogen-bond donors (Lipinski definition) is 0. The molecule has 0 fully saturated rings. The van der Waals surface area contributed by atoms with E-state index in [1.165, 1.54) is 4.90 Å². The minimum absolute atomic E-state index is 0.513. The molecule has 16 heavy (non-hydrogen) atoms. The molecular formula is C13H13NOS. The standard InChI is InChI=1S/C13H13NOS/c1-16-13-7-5-12(6-8-13)15-10-11-4-2-3-9-14-11/h2-9H,10H2,1H3. The molecule has 2 nitrogen and oxygen atoms in total. The van der Waals surface area contributed by atoms with Gasteiger partial charge in [-0.3, -0.25) is 4.98 Å². The summed E-state index contributed by atoms with van der Waals surface area (Å²) in [7, 11) is 0. The Hall–Kier alpha value is -1.48. The number of ether oxygens (including phenoxy) is 1. The van der Waals surface area contributed by atoms with Crippen molar-refractivity contribution in [3.05, 3.63) is 54.4 Å². The lowest BCUT2D eigenvalue weighted by Crippen LogP contribution is -1.97. The molecule has 0 atom stereocenters. The summed E-state index contributed by atoms with van der Waals surface area (Å²) in [5, 5.41) is 0. The minimum Gasteiger partial charge on any atom is -0.487 e. The summed E-state index contributed by atoms with van der Waals surface area (Å²) >= 11 is 1.72. The van der Waals surface area contributed by atoms with Crippen LogP contribution in [0.2, 0.25) is 0 Å². The van der Waals surface area contributed by atoms with Gasteiger partial charge in [0.15, 0.2) is 0 Å². The first-order valence-corrected chi connectivity index (χ1v) is 6.28. The van der Waals surface area contributed by atoms with E-state index in [0.29, 0.717) is 6.61 Å². The highest BCUT2D eigenvalue weighted by Gasteiger charge is 1.96. The molecule has 3 heteroatoms. The minimum atomic E-state index is 0.513. The topological polar surface area (TPSA) is 22.1 Å². The fourth-order valence-corrected chi connectivity index (χ4v) is 1.72. The molecule has 0 spiro atoms. The van der Waals surface area contributed by atoms with Crippen LogP contribution in [-0.2, 0) is 6.61 Å². The van der Waals surface area contributed by atoms with Crippen molar-refractivity contribution >= 4 is 11.8 Å². The third-order valence-corrected chi connectivity index (χ3v) is 2.92. The van der Waals surface area contributed by atoms with E-state index >= 15 is 0 Å². The molecule has 1 aromatic carbocycles. The fraction of sp³-hybridized carbons (Fsp3) is 0.154. The molecule has 0 saturated heterocycles. The van der Waals surface area contributed by atoms with Gasteiger partial charge in [-0.05, 0) is 42.7 Å². The first-order chi connectivity index (χ1) is 7.88. The van der Waals surface area contributed by atoms with E-state index in [1.54, 1.807) is 18.0 Å². The number of pyridine rings is 1. The van der Waals surface area contributed by atoms with E-state index in [1.807, 2.05) is 30.3 Å². The summed E-state index contributed by atoms with van der Waals surface area (Å²) in [4.78, 5) is 5.44. The smallest absolute Gasteiger partial charge is 0.130 e. The van der Waals surface area contributed by atoms with Crippen molar-refractivity contribution in [1.82, 2.24) is 4.98 Å². The highest BCUT2D eigenvalue weighted by molar-refractivity contribution is 7.98. The predicted molar refractivity (Wildman–Crippen MR) is 66.8 cm³/mol. The van der Waals surface area contributed by atoms with Crippen LogP contribution in [0, 0.1) is 0 Å². The van der Waals surface area contributed by atoms with Crippen LogP contribution in [-0.4, -0.2) is 11.2 Å². The van der Waals surface area contributed by atoms with Gasteiger partial charge >= 0.3 is 0 Å². The monoisotopic (exact) mass is 231 g/mol.